The number of ether oxygens (including phenoxy) is 1. The lowest BCUT2D eigenvalue weighted by Gasteiger charge is -2.20. The van der Waals surface area contributed by atoms with Crippen molar-refractivity contribution in [3.63, 3.8) is 0 Å². The zero-order valence-corrected chi connectivity index (χ0v) is 17.4. The molecule has 2 aromatic rings. The Balaban J connectivity index is 1.78. The van der Waals surface area contributed by atoms with Gasteiger partial charge in [-0.3, -0.25) is 9.59 Å². The Bertz CT molecular complexity index is 811. The molecule has 0 atom stereocenters. The van der Waals surface area contributed by atoms with Gasteiger partial charge in [0.05, 0.1) is 11.1 Å². The zero-order chi connectivity index (χ0) is 20.0. The van der Waals surface area contributed by atoms with Crippen LogP contribution in [0.2, 0.25) is 0 Å². The van der Waals surface area contributed by atoms with Crippen LogP contribution < -0.4 is 15.8 Å². The second kappa shape index (κ2) is 9.04. The van der Waals surface area contributed by atoms with E-state index in [1.807, 2.05) is 6.07 Å². The molecule has 0 radical (unpaired) electrons. The highest BCUT2D eigenvalue weighted by atomic mass is 79.9. The molecular formula is C21H25BrN2O3. The maximum Gasteiger partial charge on any atom is 0.248 e. The van der Waals surface area contributed by atoms with E-state index in [9.17, 15) is 9.59 Å². The van der Waals surface area contributed by atoms with Gasteiger partial charge in [0, 0.05) is 17.7 Å². The summed E-state index contributed by atoms with van der Waals surface area (Å²) in [6.45, 7) is 6.93. The van der Waals surface area contributed by atoms with Crippen LogP contribution in [-0.4, -0.2) is 18.4 Å². The van der Waals surface area contributed by atoms with Gasteiger partial charge in [0.2, 0.25) is 11.8 Å². The van der Waals surface area contributed by atoms with E-state index in [4.69, 9.17) is 10.5 Å². The molecule has 0 aliphatic carbocycles. The molecule has 0 heterocycles. The molecule has 144 valence electrons. The predicted octanol–water partition coefficient (Wildman–Crippen LogP) is 4.64. The van der Waals surface area contributed by atoms with Crippen molar-refractivity contribution in [2.75, 3.05) is 11.9 Å². The fourth-order valence-corrected chi connectivity index (χ4v) is 2.93. The molecule has 6 heteroatoms. The quantitative estimate of drug-likeness (QED) is 0.624. The average Bonchev–Trinajstić information content (AvgIpc) is 2.59. The Kier molecular flexibility index (Phi) is 7.02. The van der Waals surface area contributed by atoms with E-state index in [0.29, 0.717) is 30.7 Å². The molecule has 2 amide bonds. The van der Waals surface area contributed by atoms with Gasteiger partial charge >= 0.3 is 0 Å². The van der Waals surface area contributed by atoms with Crippen molar-refractivity contribution in [3.05, 3.63) is 58.1 Å². The Hall–Kier alpha value is -2.34. The molecule has 2 rings (SSSR count). The smallest absolute Gasteiger partial charge is 0.248 e. The van der Waals surface area contributed by atoms with E-state index in [1.54, 1.807) is 24.3 Å². The van der Waals surface area contributed by atoms with Crippen LogP contribution in [0, 0.1) is 0 Å². The minimum atomic E-state index is -0.494. The summed E-state index contributed by atoms with van der Waals surface area (Å²) in [5, 5.41) is 2.79. The number of anilines is 1. The van der Waals surface area contributed by atoms with Crippen molar-refractivity contribution in [2.24, 2.45) is 5.73 Å². The van der Waals surface area contributed by atoms with Crippen molar-refractivity contribution >= 4 is 33.4 Å². The molecule has 0 aromatic heterocycles. The van der Waals surface area contributed by atoms with Gasteiger partial charge < -0.3 is 15.8 Å². The summed E-state index contributed by atoms with van der Waals surface area (Å²) in [6, 6.07) is 12.6. The van der Waals surface area contributed by atoms with Crippen LogP contribution in [0.25, 0.3) is 0 Å². The summed E-state index contributed by atoms with van der Waals surface area (Å²) in [5.41, 5.74) is 7.53. The average molecular weight is 433 g/mol. The van der Waals surface area contributed by atoms with Crippen LogP contribution in [0.1, 0.15) is 49.5 Å². The predicted molar refractivity (Wildman–Crippen MR) is 111 cm³/mol. The molecule has 2 aromatic carbocycles. The number of nitrogens with one attached hydrogen (secondary N) is 1. The summed E-state index contributed by atoms with van der Waals surface area (Å²) in [4.78, 5) is 23.0. The van der Waals surface area contributed by atoms with Crippen LogP contribution in [0.4, 0.5) is 5.69 Å². The highest BCUT2D eigenvalue weighted by molar-refractivity contribution is 9.10. The highest BCUT2D eigenvalue weighted by Crippen LogP contribution is 2.31. The topological polar surface area (TPSA) is 81.4 Å². The molecule has 0 saturated carbocycles. The second-order valence-corrected chi connectivity index (χ2v) is 8.19. The van der Waals surface area contributed by atoms with Crippen LogP contribution in [0.5, 0.6) is 5.75 Å². The number of carbonyl (C=O) groups excluding carboxylic acids is 2. The minimum absolute atomic E-state index is 0.0782. The number of rotatable bonds is 7. The molecule has 0 fully saturated rings. The first-order valence-corrected chi connectivity index (χ1v) is 9.58. The van der Waals surface area contributed by atoms with Gasteiger partial charge in [-0.15, -0.1) is 0 Å². The lowest BCUT2D eigenvalue weighted by molar-refractivity contribution is -0.116. The number of carbonyl (C=O) groups is 2. The summed E-state index contributed by atoms with van der Waals surface area (Å²) >= 11 is 3.54. The van der Waals surface area contributed by atoms with Crippen LogP contribution >= 0.6 is 15.9 Å². The van der Waals surface area contributed by atoms with Crippen molar-refractivity contribution in [3.8, 4) is 5.75 Å². The summed E-state index contributed by atoms with van der Waals surface area (Å²) in [5.74, 6) is 0.171. The van der Waals surface area contributed by atoms with E-state index in [-0.39, 0.29) is 11.3 Å². The van der Waals surface area contributed by atoms with E-state index in [1.165, 1.54) is 5.56 Å². The lowest BCUT2D eigenvalue weighted by Crippen LogP contribution is -2.14. The van der Waals surface area contributed by atoms with E-state index in [2.05, 4.69) is 54.2 Å². The summed E-state index contributed by atoms with van der Waals surface area (Å²) in [6.07, 6.45) is 0.938. The summed E-state index contributed by atoms with van der Waals surface area (Å²) < 4.78 is 6.68. The van der Waals surface area contributed by atoms with Crippen molar-refractivity contribution in [2.45, 2.75) is 39.0 Å². The van der Waals surface area contributed by atoms with Crippen LogP contribution in [0.3, 0.4) is 0 Å². The fourth-order valence-electron chi connectivity index (χ4n) is 2.44. The molecule has 0 aliphatic rings. The maximum atomic E-state index is 12.0. The Labute approximate surface area is 168 Å². The van der Waals surface area contributed by atoms with Gasteiger partial charge in [0.15, 0.2) is 0 Å². The molecule has 0 aliphatic heterocycles. The largest absolute Gasteiger partial charge is 0.492 e. The molecule has 3 N–H and O–H groups in total. The van der Waals surface area contributed by atoms with E-state index < -0.39 is 5.91 Å². The van der Waals surface area contributed by atoms with Gasteiger partial charge in [-0.25, -0.2) is 0 Å². The summed E-state index contributed by atoms with van der Waals surface area (Å²) in [7, 11) is 0. The third kappa shape index (κ3) is 6.40. The number of hydrogen-bond acceptors (Lipinski definition) is 3. The van der Waals surface area contributed by atoms with Crippen molar-refractivity contribution < 1.29 is 14.3 Å². The fraction of sp³-hybridized carbons (Fsp3) is 0.333. The minimum Gasteiger partial charge on any atom is -0.492 e. The molecule has 0 unspecified atom stereocenters. The third-order valence-electron chi connectivity index (χ3n) is 4.06. The van der Waals surface area contributed by atoms with Crippen LogP contribution in [0.15, 0.2) is 46.9 Å². The monoisotopic (exact) mass is 432 g/mol. The molecule has 0 spiro atoms. The Morgan fingerprint density at radius 1 is 1.11 bits per heavy atom. The Morgan fingerprint density at radius 2 is 1.78 bits per heavy atom. The van der Waals surface area contributed by atoms with Crippen molar-refractivity contribution in [1.29, 1.82) is 0 Å². The standard InChI is InChI=1S/C21H25BrN2O3/c1-21(2,3)15-8-11-18(17(22)13-15)27-12-4-5-19(25)24-16-9-6-14(7-10-16)20(23)26/h6-11,13H,4-5,12H2,1-3H3,(H2,23,26)(H,24,25). The molecule has 27 heavy (non-hydrogen) atoms. The number of nitrogens with two attached hydrogens (primary N) is 1. The third-order valence-corrected chi connectivity index (χ3v) is 4.68. The molecule has 0 saturated heterocycles. The number of benzene rings is 2. The molecular weight excluding hydrogens is 408 g/mol. The van der Waals surface area contributed by atoms with Gasteiger partial charge in [-0.2, -0.15) is 0 Å². The van der Waals surface area contributed by atoms with Gasteiger partial charge in [-0.1, -0.05) is 26.8 Å². The number of halogens is 1. The number of primary amides is 1. The Morgan fingerprint density at radius 3 is 2.33 bits per heavy atom. The lowest BCUT2D eigenvalue weighted by atomic mass is 9.87. The molecule has 5 nitrogen and oxygen atoms in total. The number of amides is 2. The number of hydrogen-bond donors (Lipinski definition) is 2. The first-order chi connectivity index (χ1) is 12.7. The van der Waals surface area contributed by atoms with Crippen LogP contribution in [-0.2, 0) is 10.2 Å². The van der Waals surface area contributed by atoms with E-state index in [0.717, 1.165) is 10.2 Å². The highest BCUT2D eigenvalue weighted by Gasteiger charge is 2.15. The SMILES string of the molecule is CC(C)(C)c1ccc(OCCCC(=O)Nc2ccc(C(N)=O)cc2)c(Br)c1. The van der Waals surface area contributed by atoms with E-state index >= 15 is 0 Å². The molecule has 0 bridgehead atoms. The second-order valence-electron chi connectivity index (χ2n) is 7.34. The van der Waals surface area contributed by atoms with Gasteiger partial charge in [-0.05, 0) is 69.7 Å². The van der Waals surface area contributed by atoms with Gasteiger partial charge in [0.25, 0.3) is 0 Å². The first kappa shape index (κ1) is 21.0. The first-order valence-electron chi connectivity index (χ1n) is 8.79. The van der Waals surface area contributed by atoms with Crippen molar-refractivity contribution in [1.82, 2.24) is 0 Å². The van der Waals surface area contributed by atoms with Gasteiger partial charge in [0.1, 0.15) is 5.75 Å². The maximum absolute atomic E-state index is 12.0. The zero-order valence-electron chi connectivity index (χ0n) is 15.8. The normalized spacial score (nSPS) is 11.1.